The number of nitrogens with one attached hydrogen (secondary N) is 2. The van der Waals surface area contributed by atoms with Gasteiger partial charge in [-0.25, -0.2) is 9.78 Å². The highest BCUT2D eigenvalue weighted by molar-refractivity contribution is 6.35. The number of likely N-dealkylation sites (tertiary alicyclic amines) is 1. The predicted molar refractivity (Wildman–Crippen MR) is 111 cm³/mol. The monoisotopic (exact) mass is 418 g/mol. The van der Waals surface area contributed by atoms with Crippen LogP contribution in [0, 0.1) is 0 Å². The van der Waals surface area contributed by atoms with Crippen molar-refractivity contribution in [1.82, 2.24) is 15.2 Å². The summed E-state index contributed by atoms with van der Waals surface area (Å²) in [7, 11) is 0. The highest BCUT2D eigenvalue weighted by atomic mass is 35.5. The SMILES string of the molecule is O=C1Nc2c(Cl)cc3nc(CN4CCCCC4CO)oc3c2C2(CCCCC2)N1. The maximum Gasteiger partial charge on any atom is 0.319 e. The number of aliphatic hydroxyl groups excluding tert-OH is 1. The van der Waals surface area contributed by atoms with Crippen molar-refractivity contribution in [2.24, 2.45) is 0 Å². The van der Waals surface area contributed by atoms with Crippen LogP contribution in [0.2, 0.25) is 5.02 Å². The molecule has 1 aromatic carbocycles. The molecular weight excluding hydrogens is 392 g/mol. The summed E-state index contributed by atoms with van der Waals surface area (Å²) >= 11 is 6.57. The first-order valence-electron chi connectivity index (χ1n) is 10.7. The largest absolute Gasteiger partial charge is 0.439 e. The maximum atomic E-state index is 12.4. The van der Waals surface area contributed by atoms with Crippen molar-refractivity contribution < 1.29 is 14.3 Å². The zero-order valence-electron chi connectivity index (χ0n) is 16.5. The van der Waals surface area contributed by atoms with Crippen molar-refractivity contribution in [3.8, 4) is 0 Å². The number of aliphatic hydroxyl groups is 1. The van der Waals surface area contributed by atoms with Gasteiger partial charge in [0.1, 0.15) is 5.52 Å². The van der Waals surface area contributed by atoms with Gasteiger partial charge in [0.2, 0.25) is 5.89 Å². The lowest BCUT2D eigenvalue weighted by atomic mass is 9.74. The van der Waals surface area contributed by atoms with Crippen LogP contribution < -0.4 is 10.6 Å². The molecule has 156 valence electrons. The van der Waals surface area contributed by atoms with Crippen molar-refractivity contribution in [3.63, 3.8) is 0 Å². The van der Waals surface area contributed by atoms with Gasteiger partial charge in [-0.1, -0.05) is 37.3 Å². The molecule has 29 heavy (non-hydrogen) atoms. The number of carbonyl (C=O) groups excluding carboxylic acids is 1. The third kappa shape index (κ3) is 3.29. The summed E-state index contributed by atoms with van der Waals surface area (Å²) in [6.07, 6.45) is 8.29. The standard InChI is InChI=1S/C21H27ClN4O3/c22-14-10-15-19(29-16(23-15)11-26-9-5-2-6-13(26)12-27)17-18(14)24-20(28)25-21(17)7-3-1-4-8-21/h10,13,27H,1-9,11-12H2,(H2,24,25,28). The number of carbonyl (C=O) groups is 1. The highest BCUT2D eigenvalue weighted by Crippen LogP contribution is 2.48. The van der Waals surface area contributed by atoms with Crippen molar-refractivity contribution in [2.45, 2.75) is 69.5 Å². The lowest BCUT2D eigenvalue weighted by molar-refractivity contribution is 0.0773. The van der Waals surface area contributed by atoms with Gasteiger partial charge < -0.3 is 20.2 Å². The second-order valence-electron chi connectivity index (χ2n) is 8.59. The molecule has 1 atom stereocenters. The Kier molecular flexibility index (Phi) is 4.92. The van der Waals surface area contributed by atoms with E-state index in [-0.39, 0.29) is 18.7 Å². The number of amides is 2. The van der Waals surface area contributed by atoms with E-state index in [9.17, 15) is 9.90 Å². The van der Waals surface area contributed by atoms with Crippen LogP contribution in [0.3, 0.4) is 0 Å². The van der Waals surface area contributed by atoms with Crippen molar-refractivity contribution in [3.05, 3.63) is 22.5 Å². The summed E-state index contributed by atoms with van der Waals surface area (Å²) in [6.45, 7) is 1.66. The van der Waals surface area contributed by atoms with E-state index in [1.54, 1.807) is 6.07 Å². The molecule has 1 saturated heterocycles. The number of fused-ring (bicyclic) bond motifs is 4. The summed E-state index contributed by atoms with van der Waals surface area (Å²) in [5, 5.41) is 16.3. The minimum Gasteiger partial charge on any atom is -0.439 e. The molecule has 5 rings (SSSR count). The summed E-state index contributed by atoms with van der Waals surface area (Å²) in [4.78, 5) is 19.3. The van der Waals surface area contributed by atoms with Crippen LogP contribution in [0.15, 0.2) is 10.5 Å². The van der Waals surface area contributed by atoms with Gasteiger partial charge in [-0.2, -0.15) is 0 Å². The number of aromatic nitrogens is 1. The van der Waals surface area contributed by atoms with Gasteiger partial charge in [-0.15, -0.1) is 0 Å². The van der Waals surface area contributed by atoms with E-state index in [0.29, 0.717) is 28.7 Å². The van der Waals surface area contributed by atoms with E-state index >= 15 is 0 Å². The van der Waals surface area contributed by atoms with Crippen molar-refractivity contribution in [1.29, 1.82) is 0 Å². The van der Waals surface area contributed by atoms with Gasteiger partial charge in [0.25, 0.3) is 0 Å². The number of hydrogen-bond donors (Lipinski definition) is 3. The number of oxazole rings is 1. The topological polar surface area (TPSA) is 90.6 Å². The van der Waals surface area contributed by atoms with Gasteiger partial charge in [0.15, 0.2) is 5.58 Å². The molecule has 3 heterocycles. The van der Waals surface area contributed by atoms with Gasteiger partial charge in [0.05, 0.1) is 29.4 Å². The lowest BCUT2D eigenvalue weighted by Crippen LogP contribution is -2.52. The normalized spacial score (nSPS) is 24.3. The zero-order chi connectivity index (χ0) is 20.0. The number of rotatable bonds is 3. The molecule has 2 amide bonds. The van der Waals surface area contributed by atoms with Gasteiger partial charge in [-0.05, 0) is 38.3 Å². The Morgan fingerprint density at radius 2 is 2.10 bits per heavy atom. The molecule has 0 bridgehead atoms. The third-order valence-corrected chi connectivity index (χ3v) is 7.05. The predicted octanol–water partition coefficient (Wildman–Crippen LogP) is 4.12. The molecule has 1 saturated carbocycles. The summed E-state index contributed by atoms with van der Waals surface area (Å²) < 4.78 is 6.30. The minimum atomic E-state index is -0.450. The summed E-state index contributed by atoms with van der Waals surface area (Å²) in [6, 6.07) is 1.73. The van der Waals surface area contributed by atoms with Crippen molar-refractivity contribution in [2.75, 3.05) is 18.5 Å². The number of nitrogens with zero attached hydrogens (tertiary/aromatic N) is 2. The first kappa shape index (κ1) is 19.2. The number of piperidine rings is 1. The first-order chi connectivity index (χ1) is 14.1. The van der Waals surface area contributed by atoms with Crippen LogP contribution in [-0.4, -0.2) is 40.2 Å². The van der Waals surface area contributed by atoms with Crippen LogP contribution in [0.25, 0.3) is 11.1 Å². The van der Waals surface area contributed by atoms with E-state index in [1.807, 2.05) is 0 Å². The average molecular weight is 419 g/mol. The van der Waals surface area contributed by atoms with Crippen molar-refractivity contribution >= 4 is 34.4 Å². The molecule has 1 aromatic heterocycles. The Hall–Kier alpha value is -1.83. The lowest BCUT2D eigenvalue weighted by Gasteiger charge is -2.42. The fourth-order valence-electron chi connectivity index (χ4n) is 5.33. The molecule has 2 aromatic rings. The van der Waals surface area contributed by atoms with Crippen LogP contribution in [0.4, 0.5) is 10.5 Å². The molecular formula is C21H27ClN4O3. The smallest absolute Gasteiger partial charge is 0.319 e. The highest BCUT2D eigenvalue weighted by Gasteiger charge is 2.44. The Morgan fingerprint density at radius 1 is 1.28 bits per heavy atom. The Morgan fingerprint density at radius 3 is 2.90 bits per heavy atom. The second kappa shape index (κ2) is 7.45. The Balaban J connectivity index is 1.58. The fourth-order valence-corrected chi connectivity index (χ4v) is 5.58. The van der Waals surface area contributed by atoms with Crippen LogP contribution in [-0.2, 0) is 12.1 Å². The van der Waals surface area contributed by atoms with Crippen LogP contribution >= 0.6 is 11.6 Å². The number of benzene rings is 1. The van der Waals surface area contributed by atoms with E-state index in [0.717, 1.165) is 62.6 Å². The quantitative estimate of drug-likeness (QED) is 0.697. The molecule has 1 aliphatic carbocycles. The molecule has 3 N–H and O–H groups in total. The summed E-state index contributed by atoms with van der Waals surface area (Å²) in [5.74, 6) is 0.632. The van der Waals surface area contributed by atoms with Gasteiger partial charge in [0, 0.05) is 11.6 Å². The molecule has 2 fully saturated rings. The minimum absolute atomic E-state index is 0.153. The molecule has 3 aliphatic rings. The van der Waals surface area contributed by atoms with Crippen LogP contribution in [0.5, 0.6) is 0 Å². The third-order valence-electron chi connectivity index (χ3n) is 6.75. The van der Waals surface area contributed by atoms with Gasteiger partial charge in [-0.3, -0.25) is 4.90 Å². The molecule has 1 spiro atoms. The second-order valence-corrected chi connectivity index (χ2v) is 9.00. The van der Waals surface area contributed by atoms with E-state index < -0.39 is 5.54 Å². The fraction of sp³-hybridized carbons (Fsp3) is 0.619. The van der Waals surface area contributed by atoms with E-state index in [2.05, 4.69) is 15.5 Å². The first-order valence-corrected chi connectivity index (χ1v) is 11.0. The average Bonchev–Trinajstić information content (AvgIpc) is 3.10. The number of halogens is 1. The number of urea groups is 1. The molecule has 7 nitrogen and oxygen atoms in total. The molecule has 0 radical (unpaired) electrons. The van der Waals surface area contributed by atoms with Gasteiger partial charge >= 0.3 is 6.03 Å². The Labute approximate surface area is 174 Å². The molecule has 1 unspecified atom stereocenters. The number of anilines is 1. The maximum absolute atomic E-state index is 12.4. The van der Waals surface area contributed by atoms with E-state index in [1.165, 1.54) is 6.42 Å². The Bertz CT molecular complexity index is 938. The molecule has 8 heteroatoms. The van der Waals surface area contributed by atoms with E-state index in [4.69, 9.17) is 21.0 Å². The molecule has 2 aliphatic heterocycles. The number of hydrogen-bond acceptors (Lipinski definition) is 5. The van der Waals surface area contributed by atoms with Crippen LogP contribution in [0.1, 0.15) is 62.8 Å². The zero-order valence-corrected chi connectivity index (χ0v) is 17.2. The summed E-state index contributed by atoms with van der Waals surface area (Å²) in [5.41, 5.74) is 2.58.